The Morgan fingerprint density at radius 1 is 0.688 bits per heavy atom. The first-order valence-corrected chi connectivity index (χ1v) is 3.82. The first kappa shape index (κ1) is 36.1. The fourth-order valence-electron chi connectivity index (χ4n) is 0. The highest BCUT2D eigenvalue weighted by Crippen LogP contribution is 1.56. The van der Waals surface area contributed by atoms with Crippen LogP contribution in [0.2, 0.25) is 0 Å². The Balaban J connectivity index is -0.0000000190. The molecule has 0 fully saturated rings. The average molecular weight is 266 g/mol. The van der Waals surface area contributed by atoms with Crippen molar-refractivity contribution in [1.82, 2.24) is 0 Å². The van der Waals surface area contributed by atoms with Crippen LogP contribution in [0.4, 0.5) is 30.7 Å². The monoisotopic (exact) mass is 266 g/mol. The van der Waals surface area contributed by atoms with Crippen molar-refractivity contribution in [3.63, 3.8) is 0 Å². The van der Waals surface area contributed by atoms with Crippen LogP contribution in [0.15, 0.2) is 0 Å². The molecule has 0 saturated heterocycles. The van der Waals surface area contributed by atoms with E-state index in [1.165, 1.54) is 6.92 Å². The maximum absolute atomic E-state index is 10.3. The zero-order valence-electron chi connectivity index (χ0n) is 9.92. The van der Waals surface area contributed by atoms with Crippen LogP contribution in [-0.4, -0.2) is 46.6 Å². The Morgan fingerprint density at radius 3 is 0.688 bits per heavy atom. The maximum atomic E-state index is 10.3. The summed E-state index contributed by atoms with van der Waals surface area (Å²) in [4.78, 5) is 0. The van der Waals surface area contributed by atoms with Gasteiger partial charge in [0.2, 0.25) is 13.9 Å². The molecule has 0 unspecified atom stereocenters. The van der Waals surface area contributed by atoms with E-state index in [1.807, 2.05) is 0 Å². The summed E-state index contributed by atoms with van der Waals surface area (Å²) in [5, 5.41) is 7.57. The maximum Gasteiger partial charge on any atom is 0.229 e. The van der Waals surface area contributed by atoms with Crippen molar-refractivity contribution in [2.75, 3.05) is 41.5 Å². The van der Waals surface area contributed by atoms with Gasteiger partial charge in [0.05, 0.1) is 21.0 Å². The SMILES string of the molecule is CCF.CCO.CF.CF.FCF.FCF. The molecule has 0 radical (unpaired) electrons. The third kappa shape index (κ3) is 7460. The van der Waals surface area contributed by atoms with E-state index >= 15 is 0 Å². The minimum atomic E-state index is -1.75. The molecule has 16 heavy (non-hydrogen) atoms. The van der Waals surface area contributed by atoms with Crippen molar-refractivity contribution >= 4 is 0 Å². The molecular weight excluding hydrogens is 245 g/mol. The number of alkyl halides is 7. The van der Waals surface area contributed by atoms with Crippen molar-refractivity contribution in [2.24, 2.45) is 0 Å². The zero-order valence-corrected chi connectivity index (χ0v) is 9.92. The van der Waals surface area contributed by atoms with Crippen molar-refractivity contribution < 1.29 is 35.8 Å². The minimum Gasteiger partial charge on any atom is -0.397 e. The second-order valence-electron chi connectivity index (χ2n) is 0.786. The minimum absolute atomic E-state index is 0.250. The Morgan fingerprint density at radius 2 is 0.688 bits per heavy atom. The van der Waals surface area contributed by atoms with E-state index in [-0.39, 0.29) is 13.3 Å². The highest BCUT2D eigenvalue weighted by molar-refractivity contribution is 3.86. The summed E-state index contributed by atoms with van der Waals surface area (Å²) in [5.74, 6) is 0. The summed E-state index contributed by atoms with van der Waals surface area (Å²) in [6.45, 7) is -0.361. The Kier molecular flexibility index (Phi) is 492. The van der Waals surface area contributed by atoms with Crippen LogP contribution in [0.3, 0.4) is 0 Å². The van der Waals surface area contributed by atoms with Crippen molar-refractivity contribution in [3.05, 3.63) is 0 Å². The van der Waals surface area contributed by atoms with Crippen LogP contribution in [-0.2, 0) is 0 Å². The molecule has 0 saturated carbocycles. The van der Waals surface area contributed by atoms with Gasteiger partial charge in [0, 0.05) is 6.61 Å². The predicted molar refractivity (Wildman–Crippen MR) is 52.6 cm³/mol. The first-order valence-electron chi connectivity index (χ1n) is 3.82. The van der Waals surface area contributed by atoms with E-state index in [0.717, 1.165) is 0 Å². The molecule has 0 amide bonds. The molecule has 0 aromatic heterocycles. The summed E-state index contributed by atoms with van der Waals surface area (Å²) in [5.41, 5.74) is 0. The van der Waals surface area contributed by atoms with E-state index in [4.69, 9.17) is 5.11 Å². The molecule has 1 N–H and O–H groups in total. The van der Waals surface area contributed by atoms with Gasteiger partial charge in [-0.15, -0.1) is 0 Å². The van der Waals surface area contributed by atoms with Gasteiger partial charge in [-0.1, -0.05) is 0 Å². The van der Waals surface area contributed by atoms with Gasteiger partial charge < -0.3 is 5.11 Å². The number of rotatable bonds is 0. The molecule has 0 aliphatic carbocycles. The van der Waals surface area contributed by atoms with E-state index in [1.54, 1.807) is 6.92 Å². The normalized spacial score (nSPS) is 5.25. The van der Waals surface area contributed by atoms with Gasteiger partial charge in [0.1, 0.15) is 0 Å². The lowest BCUT2D eigenvalue weighted by molar-refractivity contribution is 0.295. The molecule has 0 aromatic rings. The second-order valence-corrected chi connectivity index (χ2v) is 0.786. The van der Waals surface area contributed by atoms with E-state index in [0.29, 0.717) is 14.4 Å². The number of halogens is 7. The number of hydrogen-bond acceptors (Lipinski definition) is 1. The molecule has 0 aromatic carbocycles. The molecule has 0 aliphatic heterocycles. The fourth-order valence-corrected chi connectivity index (χ4v) is 0. The van der Waals surface area contributed by atoms with Gasteiger partial charge in [0.15, 0.2) is 0 Å². The lowest BCUT2D eigenvalue weighted by atomic mass is 10.9. The van der Waals surface area contributed by atoms with Crippen LogP contribution < -0.4 is 0 Å². The number of aliphatic hydroxyl groups excluding tert-OH is 1. The van der Waals surface area contributed by atoms with Crippen LogP contribution in [0.25, 0.3) is 0 Å². The summed E-state index contributed by atoms with van der Waals surface area (Å²) in [6.07, 6.45) is 0. The van der Waals surface area contributed by atoms with Crippen molar-refractivity contribution in [2.45, 2.75) is 13.8 Å². The van der Waals surface area contributed by atoms with E-state index in [2.05, 4.69) is 0 Å². The lowest BCUT2D eigenvalue weighted by Gasteiger charge is -1.52. The van der Waals surface area contributed by atoms with E-state index < -0.39 is 13.9 Å². The van der Waals surface area contributed by atoms with Gasteiger partial charge in [-0.3, -0.25) is 13.2 Å². The second kappa shape index (κ2) is 218. The molecule has 1 nitrogen and oxygen atoms in total. The van der Waals surface area contributed by atoms with Gasteiger partial charge in [-0.2, -0.15) is 0 Å². The summed E-state index contributed by atoms with van der Waals surface area (Å²) < 4.78 is 67.8. The molecule has 0 atom stereocenters. The standard InChI is InChI=1S/C2H5F.C2H6O.2CH2F2.2CH3F/c2*1-2-3;2*2-1-3;2*1-2/h2H2,1H3;3H,2H2,1H3;2*1H2;2*1H3. The topological polar surface area (TPSA) is 20.2 Å². The number of aliphatic hydroxyl groups is 1. The summed E-state index contributed by atoms with van der Waals surface area (Å²) in [7, 11) is 1.00. The van der Waals surface area contributed by atoms with E-state index in [9.17, 15) is 30.7 Å². The molecule has 0 heterocycles. The highest BCUT2D eigenvalue weighted by Gasteiger charge is 1.44. The van der Waals surface area contributed by atoms with Gasteiger partial charge in [0.25, 0.3) is 0 Å². The third-order valence-electron chi connectivity index (χ3n) is 0. The van der Waals surface area contributed by atoms with Crippen LogP contribution in [0.5, 0.6) is 0 Å². The smallest absolute Gasteiger partial charge is 0.229 e. The van der Waals surface area contributed by atoms with Crippen LogP contribution >= 0.6 is 0 Å². The highest BCUT2D eigenvalue weighted by atomic mass is 19.3. The Labute approximate surface area is 92.3 Å². The largest absolute Gasteiger partial charge is 0.397 e. The van der Waals surface area contributed by atoms with Gasteiger partial charge >= 0.3 is 0 Å². The Hall–Kier alpha value is -0.530. The summed E-state index contributed by atoms with van der Waals surface area (Å²) in [6, 6.07) is 0. The Bertz CT molecular complexity index is 28.3. The molecule has 0 aliphatic rings. The molecule has 0 spiro atoms. The van der Waals surface area contributed by atoms with Crippen molar-refractivity contribution in [1.29, 1.82) is 0 Å². The van der Waals surface area contributed by atoms with Crippen LogP contribution in [0, 0.1) is 0 Å². The molecule has 108 valence electrons. The molecular formula is C8H21F7O. The first-order chi connectivity index (χ1) is 7.66. The summed E-state index contributed by atoms with van der Waals surface area (Å²) >= 11 is 0. The molecule has 8 heteroatoms. The van der Waals surface area contributed by atoms with Crippen LogP contribution in [0.1, 0.15) is 13.8 Å². The fraction of sp³-hybridized carbons (Fsp3) is 1.00. The predicted octanol–water partition coefficient (Wildman–Crippen LogP) is 3.91. The third-order valence-corrected chi connectivity index (χ3v) is 0. The quantitative estimate of drug-likeness (QED) is 0.659. The number of hydrogen-bond donors (Lipinski definition) is 1. The van der Waals surface area contributed by atoms with Gasteiger partial charge in [-0.05, 0) is 13.8 Å². The zero-order chi connectivity index (χ0) is 14.8. The average Bonchev–Trinajstić information content (AvgIpc) is 2.27. The van der Waals surface area contributed by atoms with Gasteiger partial charge in [-0.25, -0.2) is 17.6 Å². The van der Waals surface area contributed by atoms with Crippen molar-refractivity contribution in [3.8, 4) is 0 Å². The lowest BCUT2D eigenvalue weighted by Crippen LogP contribution is -1.57. The molecule has 0 rings (SSSR count). The molecule has 0 bridgehead atoms.